The smallest absolute Gasteiger partial charge is 0.291 e. The number of hydrogen-bond donors (Lipinski definition) is 1. The van der Waals surface area contributed by atoms with Crippen LogP contribution in [0.2, 0.25) is 0 Å². The standard InChI is InChI=1S/C16H15N3O4/c1-22-8-6-19-10-17-13-5-4-11(9-12(13)16(19)21)18-15(20)14-3-2-7-23-14/h2-5,7,9-10H,6,8H2,1H3,(H,18,20). The van der Waals surface area contributed by atoms with Crippen molar-refractivity contribution in [1.29, 1.82) is 0 Å². The Hall–Kier alpha value is -2.93. The molecule has 1 aromatic carbocycles. The molecule has 1 N–H and O–H groups in total. The number of ether oxygens (including phenoxy) is 1. The Morgan fingerprint density at radius 3 is 3.00 bits per heavy atom. The van der Waals surface area contributed by atoms with E-state index in [0.29, 0.717) is 29.7 Å². The van der Waals surface area contributed by atoms with Gasteiger partial charge in [0, 0.05) is 12.8 Å². The third kappa shape index (κ3) is 3.14. The van der Waals surface area contributed by atoms with E-state index in [1.807, 2.05) is 0 Å². The van der Waals surface area contributed by atoms with Crippen LogP contribution in [0.5, 0.6) is 0 Å². The lowest BCUT2D eigenvalue weighted by Gasteiger charge is -2.08. The number of benzene rings is 1. The van der Waals surface area contributed by atoms with Crippen LogP contribution in [-0.2, 0) is 11.3 Å². The highest BCUT2D eigenvalue weighted by Crippen LogP contribution is 2.15. The normalized spacial score (nSPS) is 10.8. The fourth-order valence-electron chi connectivity index (χ4n) is 2.19. The highest BCUT2D eigenvalue weighted by atomic mass is 16.5. The zero-order chi connectivity index (χ0) is 16.2. The highest BCUT2D eigenvalue weighted by Gasteiger charge is 2.10. The lowest BCUT2D eigenvalue weighted by Crippen LogP contribution is -2.22. The number of carbonyl (C=O) groups excluding carboxylic acids is 1. The summed E-state index contributed by atoms with van der Waals surface area (Å²) in [6, 6.07) is 8.18. The molecule has 0 radical (unpaired) electrons. The maximum Gasteiger partial charge on any atom is 0.291 e. The first kappa shape index (κ1) is 15.0. The number of nitrogens with one attached hydrogen (secondary N) is 1. The number of methoxy groups -OCH3 is 1. The quantitative estimate of drug-likeness (QED) is 0.777. The number of rotatable bonds is 5. The second kappa shape index (κ2) is 6.45. The molecule has 7 heteroatoms. The lowest BCUT2D eigenvalue weighted by atomic mass is 10.2. The number of carbonyl (C=O) groups is 1. The molecule has 0 atom stereocenters. The topological polar surface area (TPSA) is 86.4 Å². The van der Waals surface area contributed by atoms with Crippen molar-refractivity contribution < 1.29 is 13.9 Å². The maximum absolute atomic E-state index is 12.4. The SMILES string of the molecule is COCCn1cnc2ccc(NC(=O)c3ccco3)cc2c1=O. The van der Waals surface area contributed by atoms with Crippen molar-refractivity contribution in [3.8, 4) is 0 Å². The van der Waals surface area contributed by atoms with Crippen LogP contribution in [0.15, 0.2) is 52.1 Å². The predicted octanol–water partition coefficient (Wildman–Crippen LogP) is 1.89. The Bertz CT molecular complexity index is 884. The number of nitrogens with zero attached hydrogens (tertiary/aromatic N) is 2. The average Bonchev–Trinajstić information content (AvgIpc) is 3.09. The van der Waals surface area contributed by atoms with E-state index in [0.717, 1.165) is 0 Å². The summed E-state index contributed by atoms with van der Waals surface area (Å²) in [6.07, 6.45) is 2.92. The zero-order valence-corrected chi connectivity index (χ0v) is 12.5. The van der Waals surface area contributed by atoms with Gasteiger partial charge in [-0.2, -0.15) is 0 Å². The molecular weight excluding hydrogens is 298 g/mol. The molecular formula is C16H15N3O4. The van der Waals surface area contributed by atoms with Crippen LogP contribution < -0.4 is 10.9 Å². The molecule has 1 amide bonds. The molecule has 3 rings (SSSR count). The number of aromatic nitrogens is 2. The number of amides is 1. The molecule has 0 aliphatic heterocycles. The zero-order valence-electron chi connectivity index (χ0n) is 12.5. The molecule has 2 aromatic heterocycles. The van der Waals surface area contributed by atoms with Crippen molar-refractivity contribution in [2.24, 2.45) is 0 Å². The van der Waals surface area contributed by atoms with Gasteiger partial charge >= 0.3 is 0 Å². The molecule has 0 bridgehead atoms. The molecule has 2 heterocycles. The number of fused-ring (bicyclic) bond motifs is 1. The van der Waals surface area contributed by atoms with Gasteiger partial charge in [0.1, 0.15) is 0 Å². The third-order valence-corrected chi connectivity index (χ3v) is 3.36. The number of anilines is 1. The Morgan fingerprint density at radius 1 is 1.39 bits per heavy atom. The minimum Gasteiger partial charge on any atom is -0.459 e. The van der Waals surface area contributed by atoms with E-state index in [-0.39, 0.29) is 17.2 Å². The summed E-state index contributed by atoms with van der Waals surface area (Å²) in [7, 11) is 1.57. The van der Waals surface area contributed by atoms with Gasteiger partial charge in [0.25, 0.3) is 11.5 Å². The van der Waals surface area contributed by atoms with Crippen molar-refractivity contribution in [2.75, 3.05) is 19.0 Å². The molecule has 0 spiro atoms. The van der Waals surface area contributed by atoms with Gasteiger partial charge in [0.15, 0.2) is 5.76 Å². The summed E-state index contributed by atoms with van der Waals surface area (Å²) in [4.78, 5) is 28.7. The van der Waals surface area contributed by atoms with Gasteiger partial charge in [0.05, 0.1) is 36.6 Å². The van der Waals surface area contributed by atoms with Crippen molar-refractivity contribution in [2.45, 2.75) is 6.54 Å². The first-order chi connectivity index (χ1) is 11.2. The van der Waals surface area contributed by atoms with E-state index in [4.69, 9.17) is 9.15 Å². The second-order valence-electron chi connectivity index (χ2n) is 4.90. The summed E-state index contributed by atoms with van der Waals surface area (Å²) < 4.78 is 11.5. The van der Waals surface area contributed by atoms with Gasteiger partial charge < -0.3 is 14.5 Å². The molecule has 0 aliphatic carbocycles. The Morgan fingerprint density at radius 2 is 2.26 bits per heavy atom. The molecule has 0 saturated carbocycles. The van der Waals surface area contributed by atoms with Gasteiger partial charge in [-0.15, -0.1) is 0 Å². The van der Waals surface area contributed by atoms with E-state index in [1.54, 1.807) is 37.4 Å². The van der Waals surface area contributed by atoms with Crippen LogP contribution in [-0.4, -0.2) is 29.2 Å². The molecule has 7 nitrogen and oxygen atoms in total. The summed E-state index contributed by atoms with van der Waals surface area (Å²) in [5, 5.41) is 3.12. The predicted molar refractivity (Wildman–Crippen MR) is 84.5 cm³/mol. The number of furan rings is 1. The van der Waals surface area contributed by atoms with Crippen molar-refractivity contribution in [3.05, 3.63) is 59.0 Å². The fraction of sp³-hybridized carbons (Fsp3) is 0.188. The minimum absolute atomic E-state index is 0.179. The molecule has 3 aromatic rings. The molecule has 0 saturated heterocycles. The maximum atomic E-state index is 12.4. The summed E-state index contributed by atoms with van der Waals surface area (Å²) in [6.45, 7) is 0.837. The van der Waals surface area contributed by atoms with Gasteiger partial charge in [-0.25, -0.2) is 4.98 Å². The minimum atomic E-state index is -0.377. The Labute approximate surface area is 131 Å². The highest BCUT2D eigenvalue weighted by molar-refractivity contribution is 6.03. The Kier molecular flexibility index (Phi) is 4.20. The number of hydrogen-bond acceptors (Lipinski definition) is 5. The summed E-state index contributed by atoms with van der Waals surface area (Å²) >= 11 is 0. The van der Waals surface area contributed by atoms with Gasteiger partial charge in [-0.1, -0.05) is 0 Å². The van der Waals surface area contributed by atoms with Gasteiger partial charge in [-0.3, -0.25) is 14.2 Å². The van der Waals surface area contributed by atoms with E-state index in [9.17, 15) is 9.59 Å². The van der Waals surface area contributed by atoms with Crippen LogP contribution in [0, 0.1) is 0 Å². The molecule has 23 heavy (non-hydrogen) atoms. The average molecular weight is 313 g/mol. The first-order valence-corrected chi connectivity index (χ1v) is 7.02. The lowest BCUT2D eigenvalue weighted by molar-refractivity contribution is 0.0996. The van der Waals surface area contributed by atoms with E-state index < -0.39 is 0 Å². The largest absolute Gasteiger partial charge is 0.459 e. The second-order valence-corrected chi connectivity index (χ2v) is 4.90. The Balaban J connectivity index is 1.92. The summed E-state index contributed by atoms with van der Waals surface area (Å²) in [5.41, 5.74) is 0.892. The first-order valence-electron chi connectivity index (χ1n) is 7.02. The third-order valence-electron chi connectivity index (χ3n) is 3.36. The van der Waals surface area contributed by atoms with Crippen molar-refractivity contribution in [1.82, 2.24) is 9.55 Å². The van der Waals surface area contributed by atoms with Crippen LogP contribution in [0.3, 0.4) is 0 Å². The van der Waals surface area contributed by atoms with Crippen molar-refractivity contribution >= 4 is 22.5 Å². The van der Waals surface area contributed by atoms with Crippen LogP contribution in [0.25, 0.3) is 10.9 Å². The molecule has 118 valence electrons. The monoisotopic (exact) mass is 313 g/mol. The molecule has 0 unspecified atom stereocenters. The van der Waals surface area contributed by atoms with Gasteiger partial charge in [-0.05, 0) is 30.3 Å². The van der Waals surface area contributed by atoms with E-state index in [1.165, 1.54) is 17.2 Å². The molecule has 0 aliphatic rings. The van der Waals surface area contributed by atoms with E-state index in [2.05, 4.69) is 10.3 Å². The van der Waals surface area contributed by atoms with E-state index >= 15 is 0 Å². The van der Waals surface area contributed by atoms with Crippen molar-refractivity contribution in [3.63, 3.8) is 0 Å². The fourth-order valence-corrected chi connectivity index (χ4v) is 2.19. The van der Waals surface area contributed by atoms with Crippen LogP contribution in [0.1, 0.15) is 10.6 Å². The van der Waals surface area contributed by atoms with Gasteiger partial charge in [0.2, 0.25) is 0 Å². The summed E-state index contributed by atoms with van der Waals surface area (Å²) in [5.74, 6) is -0.174. The van der Waals surface area contributed by atoms with Crippen LogP contribution >= 0.6 is 0 Å². The molecule has 0 fully saturated rings. The van der Waals surface area contributed by atoms with Crippen LogP contribution in [0.4, 0.5) is 5.69 Å².